The third-order valence-electron chi connectivity index (χ3n) is 5.73. The number of carboxylic acids is 1. The molecule has 0 aliphatic carbocycles. The summed E-state index contributed by atoms with van der Waals surface area (Å²) in [5.74, 6) is -2.51. The lowest BCUT2D eigenvalue weighted by Crippen LogP contribution is -2.26. The number of nitro benzene ring substituents is 1. The van der Waals surface area contributed by atoms with Crippen molar-refractivity contribution < 1.29 is 66.1 Å². The molecule has 19 nitrogen and oxygen atoms in total. The zero-order chi connectivity index (χ0) is 42.1. The summed E-state index contributed by atoms with van der Waals surface area (Å²) >= 11 is 11.6. The Hall–Kier alpha value is -4.86. The van der Waals surface area contributed by atoms with Crippen LogP contribution < -0.4 is 20.7 Å². The predicted octanol–water partition coefficient (Wildman–Crippen LogP) is 5.74. The fraction of sp³-hybridized carbons (Fsp3) is 0.400. The average Bonchev–Trinajstić information content (AvgIpc) is 3.04. The van der Waals surface area contributed by atoms with Crippen LogP contribution in [0.25, 0.3) is 0 Å². The molecule has 0 aliphatic heterocycles. The van der Waals surface area contributed by atoms with Gasteiger partial charge in [0.1, 0.15) is 17.1 Å². The number of aliphatic carboxylic acids is 1. The Morgan fingerprint density at radius 3 is 2.16 bits per heavy atom. The van der Waals surface area contributed by atoms with Crippen molar-refractivity contribution in [2.45, 2.75) is 52.9 Å². The van der Waals surface area contributed by atoms with Crippen molar-refractivity contribution in [3.63, 3.8) is 0 Å². The van der Waals surface area contributed by atoms with Crippen LogP contribution in [0.5, 0.6) is 11.5 Å². The van der Waals surface area contributed by atoms with Gasteiger partial charge in [0.2, 0.25) is 17.2 Å². The van der Waals surface area contributed by atoms with Crippen LogP contribution in [0.3, 0.4) is 0 Å². The molecule has 0 aliphatic rings. The molecule has 55 heavy (non-hydrogen) atoms. The standard InChI is InChI=1S/C19H15ClF3NO7.C8H14ClN5.C3H8NO5P/c1-3-29-17(25)10(2)30-18(26)13-9-12(5-6-15(13)24(27)28)31-16-7-4-11(8-14(16)20)19(21,22)23;1-4-10-7-12-6(9)13-8(14-7)11-5(2)3;5-3(6)1-4-2-10(7,8)9/h4-10H,3H2,1-2H3;5H,4H2,1-3H3,(H2,10,11,12,13,14);4H,1-2H2,(H,5,6)(H2,7,8,9). The van der Waals surface area contributed by atoms with Gasteiger partial charge in [-0.05, 0) is 70.5 Å². The fourth-order valence-electron chi connectivity index (χ4n) is 3.54. The molecule has 3 rings (SSSR count). The molecule has 0 radical (unpaired) electrons. The summed E-state index contributed by atoms with van der Waals surface area (Å²) in [5, 5.41) is 27.2. The van der Waals surface area contributed by atoms with Crippen LogP contribution in [0, 0.1) is 10.1 Å². The number of anilines is 2. The lowest BCUT2D eigenvalue weighted by molar-refractivity contribution is -0.385. The van der Waals surface area contributed by atoms with E-state index in [4.69, 9.17) is 52.3 Å². The maximum atomic E-state index is 12.8. The number of nitro groups is 1. The van der Waals surface area contributed by atoms with Gasteiger partial charge >= 0.3 is 31.7 Å². The predicted molar refractivity (Wildman–Crippen MR) is 191 cm³/mol. The minimum atomic E-state index is -4.61. The number of hydrogen-bond donors (Lipinski definition) is 6. The number of rotatable bonds is 15. The van der Waals surface area contributed by atoms with Crippen molar-refractivity contribution in [1.82, 2.24) is 20.3 Å². The molecule has 0 spiro atoms. The summed E-state index contributed by atoms with van der Waals surface area (Å²) in [6, 6.07) is 5.64. The van der Waals surface area contributed by atoms with E-state index in [1.807, 2.05) is 20.8 Å². The van der Waals surface area contributed by atoms with Crippen LogP contribution in [-0.2, 0) is 29.8 Å². The van der Waals surface area contributed by atoms with Crippen LogP contribution in [0.15, 0.2) is 36.4 Å². The third kappa shape index (κ3) is 18.8. The summed E-state index contributed by atoms with van der Waals surface area (Å²) in [5.41, 5.74) is -2.17. The molecule has 1 unspecified atom stereocenters. The number of esters is 2. The van der Waals surface area contributed by atoms with E-state index in [-0.39, 0.29) is 34.5 Å². The number of carbonyl (C=O) groups excluding carboxylic acids is 2. The summed E-state index contributed by atoms with van der Waals surface area (Å²) in [7, 11) is -4.10. The zero-order valence-electron chi connectivity index (χ0n) is 29.6. The van der Waals surface area contributed by atoms with Crippen molar-refractivity contribution >= 4 is 66.3 Å². The van der Waals surface area contributed by atoms with E-state index < -0.39 is 72.4 Å². The molecular weight excluding hydrogens is 809 g/mol. The van der Waals surface area contributed by atoms with Gasteiger partial charge in [-0.25, -0.2) is 9.59 Å². The highest BCUT2D eigenvalue weighted by Crippen LogP contribution is 2.37. The number of hydrogen-bond acceptors (Lipinski definition) is 15. The van der Waals surface area contributed by atoms with E-state index in [0.29, 0.717) is 18.0 Å². The molecule has 25 heteroatoms. The van der Waals surface area contributed by atoms with E-state index in [9.17, 15) is 42.2 Å². The monoisotopic (exact) mass is 845 g/mol. The minimum absolute atomic E-state index is 0.0398. The van der Waals surface area contributed by atoms with Gasteiger partial charge in [0.15, 0.2) is 6.10 Å². The van der Waals surface area contributed by atoms with Crippen molar-refractivity contribution in [2.75, 3.05) is 36.6 Å². The van der Waals surface area contributed by atoms with Crippen molar-refractivity contribution in [2.24, 2.45) is 0 Å². The molecule has 3 aromatic rings. The molecular formula is C30H37Cl2F3N7O12P. The summed E-state index contributed by atoms with van der Waals surface area (Å²) in [6.07, 6.45) is -6.54. The van der Waals surface area contributed by atoms with Crippen LogP contribution in [0.4, 0.5) is 30.8 Å². The Morgan fingerprint density at radius 1 is 1.02 bits per heavy atom. The average molecular weight is 847 g/mol. The van der Waals surface area contributed by atoms with Gasteiger partial charge in [-0.2, -0.15) is 28.1 Å². The van der Waals surface area contributed by atoms with E-state index in [1.165, 1.54) is 6.92 Å². The highest BCUT2D eigenvalue weighted by Gasteiger charge is 2.31. The quantitative estimate of drug-likeness (QED) is 0.0460. The molecule has 2 aromatic carbocycles. The number of benzene rings is 2. The number of carboxylic acid groups (broad SMARTS) is 1. The molecule has 0 saturated carbocycles. The maximum Gasteiger partial charge on any atom is 0.416 e. The van der Waals surface area contributed by atoms with E-state index >= 15 is 0 Å². The second-order valence-corrected chi connectivity index (χ2v) is 13.1. The highest BCUT2D eigenvalue weighted by atomic mass is 35.5. The third-order valence-corrected chi connectivity index (χ3v) is 6.83. The normalized spacial score (nSPS) is 11.5. The molecule has 1 heterocycles. The van der Waals surface area contributed by atoms with Gasteiger partial charge in [-0.1, -0.05) is 11.6 Å². The number of alkyl halides is 3. The van der Waals surface area contributed by atoms with Gasteiger partial charge in [-0.15, -0.1) is 0 Å². The first kappa shape index (κ1) is 48.2. The van der Waals surface area contributed by atoms with E-state index in [1.54, 1.807) is 6.92 Å². The van der Waals surface area contributed by atoms with Gasteiger partial charge in [0.05, 0.1) is 34.9 Å². The van der Waals surface area contributed by atoms with Crippen LogP contribution in [0.2, 0.25) is 10.3 Å². The number of ether oxygens (including phenoxy) is 3. The van der Waals surface area contributed by atoms with Gasteiger partial charge in [0.25, 0.3) is 5.69 Å². The first-order valence-electron chi connectivity index (χ1n) is 15.6. The number of halogens is 5. The van der Waals surface area contributed by atoms with E-state index in [2.05, 4.69) is 30.9 Å². The molecule has 0 saturated heterocycles. The lowest BCUT2D eigenvalue weighted by atomic mass is 10.1. The Bertz CT molecular complexity index is 1840. The molecule has 0 amide bonds. The zero-order valence-corrected chi connectivity index (χ0v) is 32.0. The number of nitrogens with zero attached hydrogens (tertiary/aromatic N) is 4. The second-order valence-electron chi connectivity index (χ2n) is 10.7. The summed E-state index contributed by atoms with van der Waals surface area (Å²) in [6.45, 7) is 9.10. The topological polar surface area (TPSA) is 275 Å². The molecule has 6 N–H and O–H groups in total. The maximum absolute atomic E-state index is 12.8. The van der Waals surface area contributed by atoms with Crippen molar-refractivity contribution in [1.29, 1.82) is 0 Å². The lowest BCUT2D eigenvalue weighted by Gasteiger charge is -2.13. The van der Waals surface area contributed by atoms with Crippen LogP contribution >= 0.6 is 30.8 Å². The molecule has 1 atom stereocenters. The first-order chi connectivity index (χ1) is 25.5. The summed E-state index contributed by atoms with van der Waals surface area (Å²) < 4.78 is 63.3. The fourth-order valence-corrected chi connectivity index (χ4v) is 4.32. The molecule has 0 fully saturated rings. The number of nitrogens with one attached hydrogen (secondary N) is 3. The number of aromatic nitrogens is 3. The SMILES string of the molecule is CCNc1nc(Cl)nc(NC(C)C)n1.CCOC(=O)C(C)OC(=O)c1cc(Oc2ccc(C(F)(F)F)cc2Cl)ccc1[N+](=O)[O-].O=C(O)CNCP(=O)(O)O. The van der Waals surface area contributed by atoms with Gasteiger partial charge < -0.3 is 39.7 Å². The van der Waals surface area contributed by atoms with Crippen LogP contribution in [0.1, 0.15) is 50.5 Å². The van der Waals surface area contributed by atoms with Crippen molar-refractivity contribution in [3.05, 3.63) is 67.9 Å². The molecule has 1 aromatic heterocycles. The Kier molecular flexibility index (Phi) is 19.7. The minimum Gasteiger partial charge on any atom is -0.480 e. The molecule has 0 bridgehead atoms. The highest BCUT2D eigenvalue weighted by molar-refractivity contribution is 7.51. The smallest absolute Gasteiger partial charge is 0.416 e. The largest absolute Gasteiger partial charge is 0.480 e. The first-order valence-corrected chi connectivity index (χ1v) is 18.1. The van der Waals surface area contributed by atoms with Gasteiger partial charge in [-0.3, -0.25) is 24.8 Å². The van der Waals surface area contributed by atoms with E-state index in [0.717, 1.165) is 36.9 Å². The summed E-state index contributed by atoms with van der Waals surface area (Å²) in [4.78, 5) is 72.5. The van der Waals surface area contributed by atoms with Crippen molar-refractivity contribution in [3.8, 4) is 11.5 Å². The second kappa shape index (κ2) is 22.5. The molecule has 304 valence electrons. The number of carbonyl (C=O) groups is 3. The Balaban J connectivity index is 0.000000516. The Morgan fingerprint density at radius 2 is 1.65 bits per heavy atom. The van der Waals surface area contributed by atoms with Gasteiger partial charge in [0, 0.05) is 24.7 Å². The van der Waals surface area contributed by atoms with Crippen LogP contribution in [-0.4, -0.2) is 90.8 Å². The Labute approximate surface area is 321 Å².